The van der Waals surface area contributed by atoms with Crippen molar-refractivity contribution in [3.63, 3.8) is 0 Å². The van der Waals surface area contributed by atoms with Crippen LogP contribution in [-0.2, 0) is 10.5 Å². The van der Waals surface area contributed by atoms with Crippen LogP contribution in [0.1, 0.15) is 11.5 Å². The predicted octanol–water partition coefficient (Wildman–Crippen LogP) is 4.41. The Morgan fingerprint density at radius 1 is 1.03 bits per heavy atom. The van der Waals surface area contributed by atoms with Gasteiger partial charge >= 0.3 is 0 Å². The Morgan fingerprint density at radius 2 is 1.81 bits per heavy atom. The van der Waals surface area contributed by atoms with Gasteiger partial charge in [0.25, 0.3) is 0 Å². The maximum absolute atomic E-state index is 5.96. The fourth-order valence-corrected chi connectivity index (χ4v) is 4.41. The average Bonchev–Trinajstić information content (AvgIpc) is 3.46. The summed E-state index contributed by atoms with van der Waals surface area (Å²) in [5.74, 6) is 2.35. The first-order valence-electron chi connectivity index (χ1n) is 10.2. The smallest absolute Gasteiger partial charge is 0.237 e. The summed E-state index contributed by atoms with van der Waals surface area (Å²) in [6.45, 7) is 5.01. The molecule has 1 aliphatic heterocycles. The molecule has 10 heteroatoms. The van der Waals surface area contributed by atoms with Crippen molar-refractivity contribution >= 4 is 29.3 Å². The topological polar surface area (TPSA) is 82.1 Å². The summed E-state index contributed by atoms with van der Waals surface area (Å²) in [5.41, 5.74) is 3.05. The fourth-order valence-electron chi connectivity index (χ4n) is 3.50. The normalized spacial score (nSPS) is 14.1. The largest absolute Gasteiger partial charge is 0.378 e. The lowest BCUT2D eigenvalue weighted by atomic mass is 10.2. The van der Waals surface area contributed by atoms with E-state index in [4.69, 9.17) is 20.9 Å². The number of hydrogen-bond donors (Lipinski definition) is 0. The molecule has 32 heavy (non-hydrogen) atoms. The van der Waals surface area contributed by atoms with Gasteiger partial charge < -0.3 is 14.2 Å². The molecule has 4 aromatic rings. The molecule has 0 unspecified atom stereocenters. The summed E-state index contributed by atoms with van der Waals surface area (Å²) in [6.07, 6.45) is 0. The molecule has 8 nitrogen and oxygen atoms in total. The first-order chi connectivity index (χ1) is 15.7. The monoisotopic (exact) mass is 468 g/mol. The summed E-state index contributed by atoms with van der Waals surface area (Å²) in [5, 5.41) is 14.5. The summed E-state index contributed by atoms with van der Waals surface area (Å²) in [4.78, 5) is 6.72. The molecule has 5 rings (SSSR count). The number of ether oxygens (including phenoxy) is 1. The van der Waals surface area contributed by atoms with Crippen molar-refractivity contribution in [3.05, 3.63) is 65.0 Å². The molecule has 0 radical (unpaired) electrons. The van der Waals surface area contributed by atoms with E-state index in [1.54, 1.807) is 12.1 Å². The van der Waals surface area contributed by atoms with Crippen LogP contribution in [0.2, 0.25) is 5.02 Å². The molecule has 1 saturated heterocycles. The molecule has 0 N–H and O–H groups in total. The average molecular weight is 469 g/mol. The predicted molar refractivity (Wildman–Crippen MR) is 123 cm³/mol. The summed E-state index contributed by atoms with van der Waals surface area (Å²) in [7, 11) is 0. The van der Waals surface area contributed by atoms with Crippen LogP contribution in [0, 0.1) is 6.92 Å². The van der Waals surface area contributed by atoms with E-state index in [0.29, 0.717) is 35.7 Å². The van der Waals surface area contributed by atoms with Gasteiger partial charge in [0.15, 0.2) is 5.16 Å². The van der Waals surface area contributed by atoms with Crippen molar-refractivity contribution in [1.82, 2.24) is 24.9 Å². The van der Waals surface area contributed by atoms with E-state index in [1.165, 1.54) is 11.8 Å². The number of aromatic nitrogens is 5. The summed E-state index contributed by atoms with van der Waals surface area (Å²) < 4.78 is 13.1. The van der Waals surface area contributed by atoms with Gasteiger partial charge in [0.2, 0.25) is 17.7 Å². The second-order valence-electron chi connectivity index (χ2n) is 7.31. The lowest BCUT2D eigenvalue weighted by molar-refractivity contribution is 0.122. The third kappa shape index (κ3) is 4.36. The van der Waals surface area contributed by atoms with Crippen LogP contribution in [0.5, 0.6) is 0 Å². The first kappa shape index (κ1) is 21.0. The van der Waals surface area contributed by atoms with Gasteiger partial charge in [-0.05, 0) is 42.8 Å². The van der Waals surface area contributed by atoms with Crippen molar-refractivity contribution in [1.29, 1.82) is 0 Å². The Morgan fingerprint density at radius 3 is 2.59 bits per heavy atom. The van der Waals surface area contributed by atoms with Gasteiger partial charge in [-0.2, -0.15) is 4.98 Å². The SMILES string of the molecule is Cc1ccccc1-n1c(SCc2nc(-c3ccc(Cl)cc3)no2)nnc1N1CCOCC1. The zero-order valence-electron chi connectivity index (χ0n) is 17.4. The maximum atomic E-state index is 5.96. The van der Waals surface area contributed by atoms with Crippen molar-refractivity contribution in [2.45, 2.75) is 17.8 Å². The van der Waals surface area contributed by atoms with E-state index in [0.717, 1.165) is 41.0 Å². The number of morpholine rings is 1. The second-order valence-corrected chi connectivity index (χ2v) is 8.69. The van der Waals surface area contributed by atoms with Crippen LogP contribution in [0.15, 0.2) is 58.2 Å². The molecular formula is C22H21ClN6O2S. The van der Waals surface area contributed by atoms with Gasteiger partial charge in [-0.25, -0.2) is 0 Å². The molecule has 1 fully saturated rings. The van der Waals surface area contributed by atoms with E-state index in [2.05, 4.69) is 48.9 Å². The standard InChI is InChI=1S/C22H21ClN6O2S/c1-15-4-2-3-5-18(15)29-21(28-10-12-30-13-11-28)25-26-22(29)32-14-19-24-20(27-31-19)16-6-8-17(23)9-7-16/h2-9H,10-14H2,1H3. The van der Waals surface area contributed by atoms with E-state index < -0.39 is 0 Å². The Labute approximate surface area is 194 Å². The highest BCUT2D eigenvalue weighted by Gasteiger charge is 2.23. The van der Waals surface area contributed by atoms with E-state index >= 15 is 0 Å². The number of thioether (sulfide) groups is 1. The quantitative estimate of drug-likeness (QED) is 0.385. The van der Waals surface area contributed by atoms with Gasteiger partial charge in [0, 0.05) is 23.7 Å². The minimum absolute atomic E-state index is 0.480. The zero-order chi connectivity index (χ0) is 21.9. The highest BCUT2D eigenvalue weighted by atomic mass is 35.5. The second kappa shape index (κ2) is 9.32. The number of hydrogen-bond acceptors (Lipinski definition) is 8. The molecule has 0 saturated carbocycles. The summed E-state index contributed by atoms with van der Waals surface area (Å²) in [6, 6.07) is 15.6. The molecule has 2 aromatic carbocycles. The minimum atomic E-state index is 0.480. The first-order valence-corrected chi connectivity index (χ1v) is 11.6. The number of halogens is 1. The lowest BCUT2D eigenvalue weighted by Crippen LogP contribution is -2.38. The highest BCUT2D eigenvalue weighted by molar-refractivity contribution is 7.98. The molecule has 0 bridgehead atoms. The number of nitrogens with zero attached hydrogens (tertiary/aromatic N) is 6. The van der Waals surface area contributed by atoms with Crippen molar-refractivity contribution < 1.29 is 9.26 Å². The van der Waals surface area contributed by atoms with Gasteiger partial charge in [0.05, 0.1) is 24.7 Å². The van der Waals surface area contributed by atoms with Crippen LogP contribution < -0.4 is 4.90 Å². The van der Waals surface area contributed by atoms with Gasteiger partial charge in [-0.1, -0.05) is 46.7 Å². The van der Waals surface area contributed by atoms with Crippen LogP contribution in [0.4, 0.5) is 5.95 Å². The molecule has 3 heterocycles. The Kier molecular flexibility index (Phi) is 6.11. The number of para-hydroxylation sites is 1. The molecule has 164 valence electrons. The van der Waals surface area contributed by atoms with Crippen LogP contribution >= 0.6 is 23.4 Å². The van der Waals surface area contributed by atoms with Crippen LogP contribution in [0.3, 0.4) is 0 Å². The minimum Gasteiger partial charge on any atom is -0.378 e. The van der Waals surface area contributed by atoms with Gasteiger partial charge in [-0.15, -0.1) is 10.2 Å². The van der Waals surface area contributed by atoms with Crippen molar-refractivity contribution in [2.75, 3.05) is 31.2 Å². The molecule has 0 amide bonds. The fraction of sp³-hybridized carbons (Fsp3) is 0.273. The molecule has 1 aliphatic rings. The third-order valence-electron chi connectivity index (χ3n) is 5.16. The van der Waals surface area contributed by atoms with Crippen LogP contribution in [0.25, 0.3) is 17.1 Å². The zero-order valence-corrected chi connectivity index (χ0v) is 19.0. The molecule has 0 aliphatic carbocycles. The third-order valence-corrected chi connectivity index (χ3v) is 6.33. The van der Waals surface area contributed by atoms with E-state index in [9.17, 15) is 0 Å². The lowest BCUT2D eigenvalue weighted by Gasteiger charge is -2.28. The van der Waals surface area contributed by atoms with Gasteiger partial charge in [-0.3, -0.25) is 4.57 Å². The Hall–Kier alpha value is -2.88. The molecule has 0 spiro atoms. The molecular weight excluding hydrogens is 448 g/mol. The molecule has 0 atom stereocenters. The van der Waals surface area contributed by atoms with Crippen molar-refractivity contribution in [2.24, 2.45) is 0 Å². The number of benzene rings is 2. The highest BCUT2D eigenvalue weighted by Crippen LogP contribution is 2.30. The number of aryl methyl sites for hydroxylation is 1. The van der Waals surface area contributed by atoms with E-state index in [1.807, 2.05) is 24.3 Å². The summed E-state index contributed by atoms with van der Waals surface area (Å²) >= 11 is 7.48. The Bertz CT molecular complexity index is 1200. The van der Waals surface area contributed by atoms with Crippen LogP contribution in [-0.4, -0.2) is 51.2 Å². The maximum Gasteiger partial charge on any atom is 0.237 e. The number of anilines is 1. The number of rotatable bonds is 6. The molecule has 2 aromatic heterocycles. The Balaban J connectivity index is 1.41. The van der Waals surface area contributed by atoms with Crippen molar-refractivity contribution in [3.8, 4) is 17.1 Å². The van der Waals surface area contributed by atoms with E-state index in [-0.39, 0.29) is 0 Å². The van der Waals surface area contributed by atoms with Gasteiger partial charge in [0.1, 0.15) is 0 Å².